The van der Waals surface area contributed by atoms with Gasteiger partial charge in [0.05, 0.1) is 5.75 Å². The summed E-state index contributed by atoms with van der Waals surface area (Å²) >= 11 is 7.92. The lowest BCUT2D eigenvalue weighted by atomic mass is 10.5. The number of thioether (sulfide) groups is 1. The van der Waals surface area contributed by atoms with Crippen LogP contribution in [0.25, 0.3) is 0 Å². The highest BCUT2D eigenvalue weighted by Crippen LogP contribution is 2.24. The van der Waals surface area contributed by atoms with E-state index >= 15 is 0 Å². The van der Waals surface area contributed by atoms with Crippen molar-refractivity contribution < 1.29 is 9.59 Å². The molecular weight excluding hydrogens is 311 g/mol. The topological polar surface area (TPSA) is 63.4 Å². The van der Waals surface area contributed by atoms with Crippen LogP contribution in [0.1, 0.15) is 0 Å². The SMILES string of the molecule is NC(=O)C(I)N1C(=O)CSC1=S. The van der Waals surface area contributed by atoms with Crippen LogP contribution in [0.15, 0.2) is 0 Å². The summed E-state index contributed by atoms with van der Waals surface area (Å²) in [6.45, 7) is 0. The van der Waals surface area contributed by atoms with Gasteiger partial charge in [0.2, 0.25) is 5.91 Å². The third-order valence-electron chi connectivity index (χ3n) is 1.25. The zero-order chi connectivity index (χ0) is 9.30. The van der Waals surface area contributed by atoms with E-state index in [1.165, 1.54) is 16.7 Å². The van der Waals surface area contributed by atoms with E-state index in [-0.39, 0.29) is 5.91 Å². The van der Waals surface area contributed by atoms with Crippen molar-refractivity contribution in [2.24, 2.45) is 5.73 Å². The summed E-state index contributed by atoms with van der Waals surface area (Å²) in [4.78, 5) is 23.1. The van der Waals surface area contributed by atoms with Gasteiger partial charge in [0.1, 0.15) is 4.32 Å². The van der Waals surface area contributed by atoms with Gasteiger partial charge in [0.25, 0.3) is 5.91 Å². The Kier molecular flexibility index (Phi) is 3.29. The van der Waals surface area contributed by atoms with Crippen molar-refractivity contribution in [1.29, 1.82) is 0 Å². The Bertz CT molecular complexity index is 242. The summed E-state index contributed by atoms with van der Waals surface area (Å²) in [5.74, 6) is -0.386. The fourth-order valence-electron chi connectivity index (χ4n) is 0.711. The fourth-order valence-corrected chi connectivity index (χ4v) is 2.79. The molecule has 1 saturated heterocycles. The van der Waals surface area contributed by atoms with Gasteiger partial charge in [-0.05, 0) is 22.6 Å². The van der Waals surface area contributed by atoms with Gasteiger partial charge in [0, 0.05) is 0 Å². The summed E-state index contributed by atoms with van der Waals surface area (Å²) in [5.41, 5.74) is 5.03. The first-order valence-electron chi connectivity index (χ1n) is 2.96. The quantitative estimate of drug-likeness (QED) is 0.339. The Hall–Kier alpha value is 0.110. The molecule has 0 aromatic heterocycles. The number of amides is 2. The lowest BCUT2D eigenvalue weighted by Crippen LogP contribution is -2.43. The van der Waals surface area contributed by atoms with E-state index in [4.69, 9.17) is 18.0 Å². The van der Waals surface area contributed by atoms with E-state index < -0.39 is 9.96 Å². The highest BCUT2D eigenvalue weighted by molar-refractivity contribution is 14.1. The van der Waals surface area contributed by atoms with Gasteiger partial charge in [-0.3, -0.25) is 14.5 Å². The van der Waals surface area contributed by atoms with E-state index in [1.807, 2.05) is 0 Å². The molecule has 0 aromatic rings. The molecule has 2 amide bonds. The first-order valence-corrected chi connectivity index (χ1v) is 5.60. The van der Waals surface area contributed by atoms with Crippen molar-refractivity contribution in [3.63, 3.8) is 0 Å². The zero-order valence-corrected chi connectivity index (χ0v) is 9.61. The lowest BCUT2D eigenvalue weighted by Gasteiger charge is -2.18. The molecule has 0 saturated carbocycles. The molecule has 4 nitrogen and oxygen atoms in total. The van der Waals surface area contributed by atoms with Crippen LogP contribution in [0.2, 0.25) is 0 Å². The van der Waals surface area contributed by atoms with Crippen molar-refractivity contribution in [2.45, 2.75) is 4.05 Å². The molecule has 0 spiro atoms. The maximum atomic E-state index is 11.1. The molecule has 0 radical (unpaired) electrons. The van der Waals surface area contributed by atoms with Gasteiger partial charge >= 0.3 is 0 Å². The number of rotatable bonds is 2. The first-order chi connectivity index (χ1) is 5.54. The Balaban J connectivity index is 2.79. The number of carbonyl (C=O) groups is 2. The first kappa shape index (κ1) is 10.2. The van der Waals surface area contributed by atoms with Crippen LogP contribution < -0.4 is 5.73 Å². The molecule has 7 heteroatoms. The molecule has 12 heavy (non-hydrogen) atoms. The highest BCUT2D eigenvalue weighted by Gasteiger charge is 2.34. The number of thiocarbonyl (C=S) groups is 1. The van der Waals surface area contributed by atoms with Gasteiger partial charge in [-0.2, -0.15) is 0 Å². The maximum Gasteiger partial charge on any atom is 0.250 e. The van der Waals surface area contributed by atoms with E-state index in [2.05, 4.69) is 0 Å². The lowest BCUT2D eigenvalue weighted by molar-refractivity contribution is -0.129. The number of hydrogen-bond acceptors (Lipinski definition) is 4. The van der Waals surface area contributed by atoms with Gasteiger partial charge < -0.3 is 5.73 Å². The van der Waals surface area contributed by atoms with Gasteiger partial charge in [-0.15, -0.1) is 0 Å². The molecule has 0 bridgehead atoms. The van der Waals surface area contributed by atoms with Crippen LogP contribution in [0, 0.1) is 0 Å². The normalized spacial score (nSPS) is 19.9. The molecule has 1 atom stereocenters. The number of primary amides is 1. The Morgan fingerprint density at radius 3 is 2.75 bits per heavy atom. The summed E-state index contributed by atoms with van der Waals surface area (Å²) in [5, 5.41) is 0. The third-order valence-corrected chi connectivity index (χ3v) is 3.80. The van der Waals surface area contributed by atoms with Crippen molar-refractivity contribution >= 4 is 62.7 Å². The average Bonchev–Trinajstić information content (AvgIpc) is 2.30. The average molecular weight is 316 g/mol. The van der Waals surface area contributed by atoms with E-state index in [9.17, 15) is 9.59 Å². The van der Waals surface area contributed by atoms with Crippen LogP contribution in [-0.4, -0.2) is 30.8 Å². The molecule has 1 rings (SSSR count). The third kappa shape index (κ3) is 1.88. The number of carbonyl (C=O) groups excluding carboxylic acids is 2. The molecule has 0 aromatic carbocycles. The maximum absolute atomic E-state index is 11.1. The predicted octanol–water partition coefficient (Wildman–Crippen LogP) is 0.0931. The molecule has 66 valence electrons. The fraction of sp³-hybridized carbons (Fsp3) is 0.400. The Morgan fingerprint density at radius 1 is 1.83 bits per heavy atom. The summed E-state index contributed by atoms with van der Waals surface area (Å²) in [7, 11) is 0. The molecule has 1 aliphatic heterocycles. The molecule has 1 unspecified atom stereocenters. The van der Waals surface area contributed by atoms with E-state index in [0.717, 1.165) is 0 Å². The van der Waals surface area contributed by atoms with Gasteiger partial charge in [0.15, 0.2) is 4.05 Å². The summed E-state index contributed by atoms with van der Waals surface area (Å²) < 4.78 is -0.226. The highest BCUT2D eigenvalue weighted by atomic mass is 127. The minimum absolute atomic E-state index is 0.150. The van der Waals surface area contributed by atoms with E-state index in [1.54, 1.807) is 22.6 Å². The number of nitrogens with two attached hydrogens (primary N) is 1. The zero-order valence-electron chi connectivity index (χ0n) is 5.82. The molecule has 1 aliphatic rings. The van der Waals surface area contributed by atoms with Crippen molar-refractivity contribution in [2.75, 3.05) is 5.75 Å². The number of halogens is 1. The molecule has 0 aliphatic carbocycles. The van der Waals surface area contributed by atoms with Crippen molar-refractivity contribution in [3.05, 3.63) is 0 Å². The number of hydrogen-bond donors (Lipinski definition) is 1. The van der Waals surface area contributed by atoms with Crippen LogP contribution in [0.4, 0.5) is 0 Å². The monoisotopic (exact) mass is 316 g/mol. The molecular formula is C5H5IN2O2S2. The van der Waals surface area contributed by atoms with Crippen LogP contribution in [-0.2, 0) is 9.59 Å². The van der Waals surface area contributed by atoms with Crippen LogP contribution in [0.3, 0.4) is 0 Å². The molecule has 1 heterocycles. The molecule has 1 fully saturated rings. The largest absolute Gasteiger partial charge is 0.367 e. The van der Waals surface area contributed by atoms with Gasteiger partial charge in [-0.1, -0.05) is 24.0 Å². The summed E-state index contributed by atoms with van der Waals surface area (Å²) in [6.07, 6.45) is 0. The number of nitrogens with zero attached hydrogens (tertiary/aromatic N) is 1. The second-order valence-corrected chi connectivity index (χ2v) is 4.85. The standard InChI is InChI=1S/C5H5IN2O2S2/c6-3(4(7)10)8-2(9)1-12-5(8)11/h3H,1H2,(H2,7,10). The van der Waals surface area contributed by atoms with Crippen molar-refractivity contribution in [1.82, 2.24) is 4.90 Å². The summed E-state index contributed by atoms with van der Waals surface area (Å²) in [6, 6.07) is 0. The number of alkyl halides is 1. The predicted molar refractivity (Wildman–Crippen MR) is 58.9 cm³/mol. The minimum atomic E-state index is -0.655. The van der Waals surface area contributed by atoms with Crippen LogP contribution in [0.5, 0.6) is 0 Å². The van der Waals surface area contributed by atoms with Gasteiger partial charge in [-0.25, -0.2) is 0 Å². The Labute approximate surface area is 92.4 Å². The van der Waals surface area contributed by atoms with Crippen molar-refractivity contribution in [3.8, 4) is 0 Å². The Morgan fingerprint density at radius 2 is 2.42 bits per heavy atom. The second-order valence-electron chi connectivity index (χ2n) is 2.06. The molecule has 2 N–H and O–H groups in total. The second kappa shape index (κ2) is 3.88. The van der Waals surface area contributed by atoms with Crippen LogP contribution >= 0.6 is 46.6 Å². The minimum Gasteiger partial charge on any atom is -0.367 e. The smallest absolute Gasteiger partial charge is 0.250 e. The van der Waals surface area contributed by atoms with E-state index in [0.29, 0.717) is 10.1 Å².